The van der Waals surface area contributed by atoms with E-state index in [4.69, 9.17) is 8.85 Å². The summed E-state index contributed by atoms with van der Waals surface area (Å²) < 4.78 is 13.6. The van der Waals surface area contributed by atoms with Crippen LogP contribution >= 0.6 is 0 Å². The lowest BCUT2D eigenvalue weighted by Crippen LogP contribution is -2.60. The van der Waals surface area contributed by atoms with Crippen LogP contribution in [0.5, 0.6) is 5.75 Å². The highest BCUT2D eigenvalue weighted by Crippen LogP contribution is 2.41. The molecule has 0 N–H and O–H groups in total. The monoisotopic (exact) mass is 555 g/mol. The molecule has 2 aromatic rings. The summed E-state index contributed by atoms with van der Waals surface area (Å²) in [5.41, 5.74) is 3.81. The Morgan fingerprint density at radius 1 is 0.811 bits per heavy atom. The Balaban J connectivity index is 2.20. The minimum atomic E-state index is -2.16. The van der Waals surface area contributed by atoms with Gasteiger partial charge in [-0.2, -0.15) is 0 Å². The van der Waals surface area contributed by atoms with Crippen LogP contribution in [0.4, 0.5) is 5.69 Å². The Labute approximate surface area is 229 Å². The Kier molecular flexibility index (Phi) is 7.67. The second kappa shape index (κ2) is 9.50. The smallest absolute Gasteiger partial charge is 0.250 e. The summed E-state index contributed by atoms with van der Waals surface area (Å²) >= 11 is 0. The summed E-state index contributed by atoms with van der Waals surface area (Å²) in [4.78, 5) is 16.0. The van der Waals surface area contributed by atoms with E-state index in [-0.39, 0.29) is 15.9 Å². The fourth-order valence-electron chi connectivity index (χ4n) is 4.26. The van der Waals surface area contributed by atoms with Gasteiger partial charge in [-0.25, -0.2) is 0 Å². The molecule has 0 radical (unpaired) electrons. The van der Waals surface area contributed by atoms with E-state index >= 15 is 0 Å². The highest BCUT2D eigenvalue weighted by Gasteiger charge is 2.43. The molecule has 0 saturated heterocycles. The molecule has 0 unspecified atom stereocenters. The average Bonchev–Trinajstić information content (AvgIpc) is 2.74. The van der Waals surface area contributed by atoms with Crippen LogP contribution < -0.4 is 19.7 Å². The van der Waals surface area contributed by atoms with Crippen LogP contribution in [0.1, 0.15) is 63.0 Å². The first-order valence-electron chi connectivity index (χ1n) is 13.5. The Bertz CT molecular complexity index is 1200. The lowest BCUT2D eigenvalue weighted by Gasteiger charge is -2.40. The molecule has 1 aliphatic heterocycles. The minimum Gasteiger partial charge on any atom is -0.543 e. The number of hydrogen-bond acceptors (Lipinski definition) is 4. The maximum atomic E-state index is 13.9. The van der Waals surface area contributed by atoms with Crippen LogP contribution in [0.15, 0.2) is 30.3 Å². The fourth-order valence-corrected chi connectivity index (χ4v) is 9.27. The number of rotatable bonds is 6. The van der Waals surface area contributed by atoms with Gasteiger partial charge >= 0.3 is 0 Å². The molecular weight excluding hydrogens is 507 g/mol. The summed E-state index contributed by atoms with van der Waals surface area (Å²) in [6.07, 6.45) is 0. The molecule has 0 atom stereocenters. The van der Waals surface area contributed by atoms with Crippen molar-refractivity contribution in [2.75, 3.05) is 19.0 Å². The zero-order valence-electron chi connectivity index (χ0n) is 25.8. The Morgan fingerprint density at radius 3 is 1.86 bits per heavy atom. The van der Waals surface area contributed by atoms with Crippen LogP contribution in [0.2, 0.25) is 49.4 Å². The molecule has 37 heavy (non-hydrogen) atoms. The van der Waals surface area contributed by atoms with Crippen molar-refractivity contribution in [3.05, 3.63) is 47.0 Å². The number of carbonyl (C=O) groups excluding carboxylic acids is 1. The minimum absolute atomic E-state index is 0.0659. The maximum Gasteiger partial charge on any atom is 0.250 e. The Morgan fingerprint density at radius 2 is 1.35 bits per heavy atom. The van der Waals surface area contributed by atoms with Crippen molar-refractivity contribution < 1.29 is 13.6 Å². The molecule has 0 bridgehead atoms. The first-order valence-corrected chi connectivity index (χ1v) is 22.3. The average molecular weight is 556 g/mol. The molecule has 4 nitrogen and oxygen atoms in total. The van der Waals surface area contributed by atoms with Gasteiger partial charge in [-0.15, -0.1) is 0 Å². The predicted molar refractivity (Wildman–Crippen MR) is 167 cm³/mol. The van der Waals surface area contributed by atoms with Crippen LogP contribution in [0.25, 0.3) is 0 Å². The third-order valence-corrected chi connectivity index (χ3v) is 21.5. The van der Waals surface area contributed by atoms with E-state index < -0.39 is 24.7 Å². The molecule has 0 saturated carbocycles. The largest absolute Gasteiger partial charge is 0.543 e. The van der Waals surface area contributed by atoms with E-state index in [9.17, 15) is 4.79 Å². The topological polar surface area (TPSA) is 38.8 Å². The first kappa shape index (κ1) is 29.9. The van der Waals surface area contributed by atoms with Crippen molar-refractivity contribution in [1.82, 2.24) is 0 Å². The van der Waals surface area contributed by atoms with Crippen LogP contribution in [0.3, 0.4) is 0 Å². The van der Waals surface area contributed by atoms with Crippen molar-refractivity contribution in [3.8, 4) is 5.75 Å². The van der Waals surface area contributed by atoms with Crippen molar-refractivity contribution >= 4 is 46.6 Å². The second-order valence-electron chi connectivity index (χ2n) is 14.5. The van der Waals surface area contributed by atoms with Gasteiger partial charge in [0.1, 0.15) is 13.8 Å². The zero-order chi connectivity index (χ0) is 28.4. The molecule has 0 spiro atoms. The van der Waals surface area contributed by atoms with Crippen LogP contribution in [-0.2, 0) is 11.0 Å². The van der Waals surface area contributed by atoms with E-state index in [1.54, 1.807) is 0 Å². The lowest BCUT2D eigenvalue weighted by atomic mass is 9.99. The van der Waals surface area contributed by atoms with Gasteiger partial charge in [0, 0.05) is 36.5 Å². The molecule has 7 heteroatoms. The maximum absolute atomic E-state index is 13.9. The predicted octanol–water partition coefficient (Wildman–Crippen LogP) is 7.03. The van der Waals surface area contributed by atoms with E-state index in [1.165, 1.54) is 10.4 Å². The molecule has 204 valence electrons. The number of nitrogens with zero attached hydrogens (tertiary/aromatic N) is 1. The van der Waals surface area contributed by atoms with Gasteiger partial charge in [0.2, 0.25) is 8.32 Å². The number of hydrogen-bond donors (Lipinski definition) is 0. The number of carbonyl (C=O) groups is 1. The van der Waals surface area contributed by atoms with Gasteiger partial charge in [0.25, 0.3) is 0 Å². The highest BCUT2D eigenvalue weighted by atomic mass is 28.4. The lowest BCUT2D eigenvalue weighted by molar-refractivity contribution is 0.104. The van der Waals surface area contributed by atoms with Gasteiger partial charge in [-0.05, 0) is 77.0 Å². The van der Waals surface area contributed by atoms with E-state index in [0.717, 1.165) is 28.1 Å². The summed E-state index contributed by atoms with van der Waals surface area (Å²) in [5.74, 6) is 1.03. The first-order chi connectivity index (χ1) is 16.6. The van der Waals surface area contributed by atoms with Crippen molar-refractivity contribution in [1.29, 1.82) is 0 Å². The molecule has 0 fully saturated rings. The molecule has 0 aliphatic carbocycles. The number of anilines is 1. The number of fused-ring (bicyclic) bond motifs is 2. The second-order valence-corrected chi connectivity index (χ2v) is 28.4. The van der Waals surface area contributed by atoms with Gasteiger partial charge in [-0.1, -0.05) is 54.6 Å². The van der Waals surface area contributed by atoms with Crippen molar-refractivity contribution in [2.45, 2.75) is 97.5 Å². The van der Waals surface area contributed by atoms with Crippen LogP contribution in [0, 0.1) is 0 Å². The van der Waals surface area contributed by atoms with E-state index in [1.807, 2.05) is 6.07 Å². The van der Waals surface area contributed by atoms with Gasteiger partial charge in [-0.3, -0.25) is 4.79 Å². The SMILES string of the molecule is CN(C)c1ccc2c(c1)[Si](C)(C)c1cc(O[Si](C)(C)C(C)(C)C)c(CO[Si](C)(C)C(C)(C)C)cc1C2=O. The molecule has 3 rings (SSSR count). The quantitative estimate of drug-likeness (QED) is 0.359. The zero-order valence-corrected chi connectivity index (χ0v) is 28.8. The normalized spacial score (nSPS) is 15.8. The van der Waals surface area contributed by atoms with E-state index in [0.29, 0.717) is 6.61 Å². The van der Waals surface area contributed by atoms with Crippen molar-refractivity contribution in [3.63, 3.8) is 0 Å². The molecule has 2 aromatic carbocycles. The molecule has 0 aromatic heterocycles. The van der Waals surface area contributed by atoms with Gasteiger partial charge in [0.15, 0.2) is 14.1 Å². The standard InChI is InChI=1S/C30H49NO3Si3/c1-29(2,3)36(11,12)33-20-21-17-24-27(19-25(21)34-37(13,14)30(4,5)6)35(9,10)26-18-22(31(7)8)15-16-23(26)28(24)32/h15-19H,20H2,1-14H3. The molecule has 0 amide bonds. The molecule has 1 aliphatic rings. The Hall–Kier alpha value is -1.68. The molecular formula is C30H49NO3Si3. The summed E-state index contributed by atoms with van der Waals surface area (Å²) in [5, 5.41) is 2.55. The fraction of sp³-hybridized carbons (Fsp3) is 0.567. The summed E-state index contributed by atoms with van der Waals surface area (Å²) in [7, 11) is -2.16. The third kappa shape index (κ3) is 5.56. The van der Waals surface area contributed by atoms with E-state index in [2.05, 4.69) is 124 Å². The third-order valence-electron chi connectivity index (χ3n) is 9.12. The number of benzene rings is 2. The summed E-state index contributed by atoms with van der Waals surface area (Å²) in [6.45, 7) is 27.9. The number of ketones is 1. The van der Waals surface area contributed by atoms with Gasteiger partial charge < -0.3 is 13.8 Å². The van der Waals surface area contributed by atoms with Gasteiger partial charge in [0.05, 0.1) is 6.61 Å². The van der Waals surface area contributed by atoms with Crippen LogP contribution in [-0.4, -0.2) is 44.6 Å². The highest BCUT2D eigenvalue weighted by molar-refractivity contribution is 7.02. The summed E-state index contributed by atoms with van der Waals surface area (Å²) in [6, 6.07) is 10.6. The van der Waals surface area contributed by atoms with Crippen molar-refractivity contribution in [2.24, 2.45) is 0 Å². The molecule has 1 heterocycles.